The molecule has 1 saturated heterocycles. The highest BCUT2D eigenvalue weighted by Gasteiger charge is 2.46. The number of carbonyl (C=O) groups is 2. The molecular formula is C51H92O12S. The molecule has 0 amide bonds. The summed E-state index contributed by atoms with van der Waals surface area (Å²) in [4.78, 5) is 25.5. The van der Waals surface area contributed by atoms with Crippen molar-refractivity contribution in [1.82, 2.24) is 0 Å². The second-order valence-corrected chi connectivity index (χ2v) is 19.3. The Balaban J connectivity index is 2.33. The number of hydrogen-bond acceptors (Lipinski definition) is 11. The Hall–Kier alpha value is -2.13. The molecule has 13 heteroatoms. The second kappa shape index (κ2) is 41.1. The lowest BCUT2D eigenvalue weighted by atomic mass is 10.00. The lowest BCUT2D eigenvalue weighted by Gasteiger charge is -2.40. The van der Waals surface area contributed by atoms with E-state index in [4.69, 9.17) is 18.9 Å². The first kappa shape index (κ1) is 59.9. The van der Waals surface area contributed by atoms with Crippen molar-refractivity contribution in [2.75, 3.05) is 19.0 Å². The number of aliphatic hydroxyl groups excluding tert-OH is 3. The van der Waals surface area contributed by atoms with Crippen LogP contribution in [0.2, 0.25) is 0 Å². The third kappa shape index (κ3) is 35.1. The van der Waals surface area contributed by atoms with Crippen LogP contribution in [0, 0.1) is 0 Å². The number of ether oxygens (including phenoxy) is 4. The first-order valence-corrected chi connectivity index (χ1v) is 27.2. The quantitative estimate of drug-likeness (QED) is 0.0196. The van der Waals surface area contributed by atoms with Crippen molar-refractivity contribution in [3.63, 3.8) is 0 Å². The topological polar surface area (TPSA) is 186 Å². The summed E-state index contributed by atoms with van der Waals surface area (Å²) in [6.45, 7) is 3.70. The van der Waals surface area contributed by atoms with Crippen molar-refractivity contribution in [2.24, 2.45) is 0 Å². The fourth-order valence-electron chi connectivity index (χ4n) is 7.71. The van der Waals surface area contributed by atoms with Crippen LogP contribution in [0.4, 0.5) is 0 Å². The molecule has 374 valence electrons. The molecule has 0 aromatic carbocycles. The first-order chi connectivity index (χ1) is 31.0. The maximum absolute atomic E-state index is 12.8. The molecule has 0 bridgehead atoms. The predicted octanol–water partition coefficient (Wildman–Crippen LogP) is 11.3. The minimum Gasteiger partial charge on any atom is -0.462 e. The highest BCUT2D eigenvalue weighted by molar-refractivity contribution is 7.85. The molecule has 1 heterocycles. The monoisotopic (exact) mass is 929 g/mol. The van der Waals surface area contributed by atoms with Crippen LogP contribution in [0.25, 0.3) is 0 Å². The molecular weight excluding hydrogens is 837 g/mol. The zero-order chi connectivity index (χ0) is 46.9. The van der Waals surface area contributed by atoms with Gasteiger partial charge in [-0.05, 0) is 64.2 Å². The standard InChI is InChI=1S/C51H92O12S/c1-3-5-7-9-11-13-15-17-18-19-20-21-22-23-24-25-26-28-29-31-33-35-37-39-46(52)60-41-44(42-61-51-50(56)49(55)48(54)45(63-51)43-64(57,58)59)62-47(53)40-38-36-34-32-30-27-16-14-12-10-8-6-4-2/h8,10,14,16,19-20,44-45,48-51,54-56H,3-7,9,11-13,15,17-18,21-43H2,1-2H3,(H,57,58,59)/b10-8-,16-14-,20-19-. The van der Waals surface area contributed by atoms with Crippen LogP contribution < -0.4 is 0 Å². The minimum atomic E-state index is -4.61. The van der Waals surface area contributed by atoms with Gasteiger partial charge < -0.3 is 34.3 Å². The Bertz CT molecular complexity index is 1320. The minimum absolute atomic E-state index is 0.148. The van der Waals surface area contributed by atoms with Gasteiger partial charge >= 0.3 is 11.9 Å². The SMILES string of the molecule is CCC/C=C\C/C=C\CCCCCCCC(=O)OC(COC(=O)CCCCCCCCCCCCC/C=C\CCCCCCCCCC)COC1OC(CS(=O)(=O)O)C(O)C(O)C1O. The highest BCUT2D eigenvalue weighted by atomic mass is 32.2. The molecule has 0 aromatic rings. The number of allylic oxidation sites excluding steroid dienone is 6. The normalized spacial score (nSPS) is 19.9. The molecule has 0 aromatic heterocycles. The van der Waals surface area contributed by atoms with Gasteiger partial charge in [-0.1, -0.05) is 179 Å². The maximum atomic E-state index is 12.8. The van der Waals surface area contributed by atoms with Crippen molar-refractivity contribution in [3.05, 3.63) is 36.5 Å². The molecule has 0 radical (unpaired) electrons. The number of esters is 2. The first-order valence-electron chi connectivity index (χ1n) is 25.5. The van der Waals surface area contributed by atoms with E-state index in [0.717, 1.165) is 70.6 Å². The Kier molecular flexibility index (Phi) is 38.4. The maximum Gasteiger partial charge on any atom is 0.306 e. The molecule has 6 atom stereocenters. The Morgan fingerprint density at radius 2 is 0.969 bits per heavy atom. The number of rotatable bonds is 43. The van der Waals surface area contributed by atoms with E-state index >= 15 is 0 Å². The van der Waals surface area contributed by atoms with Gasteiger partial charge in [0.05, 0.1) is 6.61 Å². The van der Waals surface area contributed by atoms with Crippen molar-refractivity contribution in [3.8, 4) is 0 Å². The molecule has 1 fully saturated rings. The molecule has 0 aliphatic carbocycles. The van der Waals surface area contributed by atoms with Crippen LogP contribution in [-0.4, -0.2) is 96.0 Å². The Labute approximate surface area is 389 Å². The van der Waals surface area contributed by atoms with E-state index in [0.29, 0.717) is 12.8 Å². The largest absolute Gasteiger partial charge is 0.462 e. The van der Waals surface area contributed by atoms with Crippen molar-refractivity contribution in [1.29, 1.82) is 0 Å². The predicted molar refractivity (Wildman–Crippen MR) is 256 cm³/mol. The summed E-state index contributed by atoms with van der Waals surface area (Å²) in [6.07, 6.45) is 39.1. The van der Waals surface area contributed by atoms with Gasteiger partial charge in [0, 0.05) is 12.8 Å². The fraction of sp³-hybridized carbons (Fsp3) is 0.843. The number of aliphatic hydroxyl groups is 3. The van der Waals surface area contributed by atoms with E-state index in [2.05, 4.69) is 50.3 Å². The van der Waals surface area contributed by atoms with E-state index in [9.17, 15) is 37.9 Å². The molecule has 12 nitrogen and oxygen atoms in total. The van der Waals surface area contributed by atoms with Gasteiger partial charge in [-0.15, -0.1) is 0 Å². The third-order valence-electron chi connectivity index (χ3n) is 11.7. The van der Waals surface area contributed by atoms with Crippen LogP contribution in [0.3, 0.4) is 0 Å². The lowest BCUT2D eigenvalue weighted by molar-refractivity contribution is -0.297. The van der Waals surface area contributed by atoms with Gasteiger partial charge in [-0.2, -0.15) is 8.42 Å². The summed E-state index contributed by atoms with van der Waals surface area (Å²) < 4.78 is 54.2. The van der Waals surface area contributed by atoms with Gasteiger partial charge in [-0.25, -0.2) is 0 Å². The lowest BCUT2D eigenvalue weighted by Crippen LogP contribution is -2.60. The Morgan fingerprint density at radius 1 is 0.531 bits per heavy atom. The summed E-state index contributed by atoms with van der Waals surface area (Å²) >= 11 is 0. The van der Waals surface area contributed by atoms with Crippen LogP contribution >= 0.6 is 0 Å². The zero-order valence-corrected chi connectivity index (χ0v) is 41.0. The average molecular weight is 929 g/mol. The van der Waals surface area contributed by atoms with Gasteiger partial charge in [0.15, 0.2) is 12.4 Å². The molecule has 0 spiro atoms. The van der Waals surface area contributed by atoms with E-state index in [1.807, 2.05) is 0 Å². The van der Waals surface area contributed by atoms with Gasteiger partial charge in [0.2, 0.25) is 0 Å². The van der Waals surface area contributed by atoms with Gasteiger partial charge in [0.1, 0.15) is 36.8 Å². The van der Waals surface area contributed by atoms with Crippen molar-refractivity contribution < 1.29 is 56.8 Å². The molecule has 1 aliphatic heterocycles. The second-order valence-electron chi connectivity index (χ2n) is 17.8. The smallest absolute Gasteiger partial charge is 0.306 e. The summed E-state index contributed by atoms with van der Waals surface area (Å²) in [6, 6.07) is 0. The van der Waals surface area contributed by atoms with Gasteiger partial charge in [0.25, 0.3) is 10.1 Å². The summed E-state index contributed by atoms with van der Waals surface area (Å²) in [5.74, 6) is -2.00. The number of unbranched alkanes of at least 4 members (excludes halogenated alkanes) is 25. The van der Waals surface area contributed by atoms with Crippen LogP contribution in [0.1, 0.15) is 219 Å². The molecule has 1 aliphatic rings. The van der Waals surface area contributed by atoms with Crippen LogP contribution in [0.15, 0.2) is 36.5 Å². The van der Waals surface area contributed by atoms with Gasteiger partial charge in [-0.3, -0.25) is 14.1 Å². The van der Waals surface area contributed by atoms with Crippen molar-refractivity contribution >= 4 is 22.1 Å². The molecule has 64 heavy (non-hydrogen) atoms. The molecule has 0 saturated carbocycles. The Morgan fingerprint density at radius 3 is 1.45 bits per heavy atom. The van der Waals surface area contributed by atoms with Crippen molar-refractivity contribution in [2.45, 2.75) is 256 Å². The van der Waals surface area contributed by atoms with Crippen LogP contribution in [-0.2, 0) is 38.7 Å². The summed E-state index contributed by atoms with van der Waals surface area (Å²) in [5, 5.41) is 30.9. The fourth-order valence-corrected chi connectivity index (χ4v) is 8.40. The van der Waals surface area contributed by atoms with E-state index in [1.165, 1.54) is 109 Å². The van der Waals surface area contributed by atoms with Crippen LogP contribution in [0.5, 0.6) is 0 Å². The molecule has 6 unspecified atom stereocenters. The van der Waals surface area contributed by atoms with E-state index in [1.54, 1.807) is 0 Å². The third-order valence-corrected chi connectivity index (χ3v) is 12.4. The average Bonchev–Trinajstić information content (AvgIpc) is 3.26. The zero-order valence-electron chi connectivity index (χ0n) is 40.1. The highest BCUT2D eigenvalue weighted by Crippen LogP contribution is 2.24. The number of carbonyl (C=O) groups excluding carboxylic acids is 2. The number of hydrogen-bond donors (Lipinski definition) is 4. The summed E-state index contributed by atoms with van der Waals surface area (Å²) in [5.41, 5.74) is 0. The van der Waals surface area contributed by atoms with E-state index in [-0.39, 0.29) is 19.4 Å². The van der Waals surface area contributed by atoms with E-state index < -0.39 is 71.2 Å². The molecule has 4 N–H and O–H groups in total. The molecule has 1 rings (SSSR count). The summed E-state index contributed by atoms with van der Waals surface area (Å²) in [7, 11) is -4.61.